The number of hydrogen-bond acceptors (Lipinski definition) is 1. The Morgan fingerprint density at radius 1 is 1.43 bits per heavy atom. The number of aryl methyl sites for hydroxylation is 1. The van der Waals surface area contributed by atoms with E-state index in [0.717, 1.165) is 30.4 Å². The third kappa shape index (κ3) is 1.48. The summed E-state index contributed by atoms with van der Waals surface area (Å²) in [5, 5.41) is 10.1. The van der Waals surface area contributed by atoms with E-state index >= 15 is 0 Å². The van der Waals surface area contributed by atoms with Crippen LogP contribution in [0.25, 0.3) is 0 Å². The Bertz CT molecular complexity index is 372. The van der Waals surface area contributed by atoms with Crippen LogP contribution in [0.4, 0.5) is 4.39 Å². The SMILES string of the molecule is Cc1cc(Br)c(F)cc1C1(O)CCC1. The summed E-state index contributed by atoms with van der Waals surface area (Å²) in [6.07, 6.45) is 2.51. The Morgan fingerprint density at radius 3 is 2.57 bits per heavy atom. The van der Waals surface area contributed by atoms with Crippen LogP contribution in [0.1, 0.15) is 30.4 Å². The first-order valence-electron chi connectivity index (χ1n) is 4.71. The van der Waals surface area contributed by atoms with Crippen LogP contribution in [0, 0.1) is 12.7 Å². The Kier molecular flexibility index (Phi) is 2.40. The molecule has 1 aromatic carbocycles. The molecule has 1 aliphatic carbocycles. The highest BCUT2D eigenvalue weighted by atomic mass is 79.9. The van der Waals surface area contributed by atoms with Crippen molar-refractivity contribution in [2.75, 3.05) is 0 Å². The average molecular weight is 259 g/mol. The van der Waals surface area contributed by atoms with Crippen molar-refractivity contribution in [1.29, 1.82) is 0 Å². The molecule has 14 heavy (non-hydrogen) atoms. The van der Waals surface area contributed by atoms with Crippen LogP contribution >= 0.6 is 15.9 Å². The first kappa shape index (κ1) is 10.1. The largest absolute Gasteiger partial charge is 0.385 e. The third-order valence-electron chi connectivity index (χ3n) is 2.95. The van der Waals surface area contributed by atoms with Crippen LogP contribution < -0.4 is 0 Å². The Morgan fingerprint density at radius 2 is 2.07 bits per heavy atom. The van der Waals surface area contributed by atoms with Crippen molar-refractivity contribution in [3.8, 4) is 0 Å². The number of benzene rings is 1. The van der Waals surface area contributed by atoms with E-state index in [0.29, 0.717) is 4.47 Å². The standard InChI is InChI=1S/C11H12BrFO/c1-7-5-9(12)10(13)6-8(7)11(14)3-2-4-11/h5-6,14H,2-4H2,1H3. The second kappa shape index (κ2) is 3.31. The van der Waals surface area contributed by atoms with Gasteiger partial charge >= 0.3 is 0 Å². The van der Waals surface area contributed by atoms with Gasteiger partial charge in [0.1, 0.15) is 5.82 Å². The molecule has 0 heterocycles. The first-order valence-corrected chi connectivity index (χ1v) is 5.51. The monoisotopic (exact) mass is 258 g/mol. The summed E-state index contributed by atoms with van der Waals surface area (Å²) >= 11 is 3.13. The van der Waals surface area contributed by atoms with Crippen molar-refractivity contribution in [2.24, 2.45) is 0 Å². The lowest BCUT2D eigenvalue weighted by Crippen LogP contribution is -2.34. The minimum absolute atomic E-state index is 0.300. The smallest absolute Gasteiger partial charge is 0.137 e. The van der Waals surface area contributed by atoms with Crippen LogP contribution in [0.5, 0.6) is 0 Å². The summed E-state index contributed by atoms with van der Waals surface area (Å²) in [6.45, 7) is 1.90. The second-order valence-electron chi connectivity index (χ2n) is 3.97. The van der Waals surface area contributed by atoms with Crippen LogP contribution in [0.15, 0.2) is 16.6 Å². The molecule has 3 heteroatoms. The first-order chi connectivity index (χ1) is 6.53. The number of hydrogen-bond donors (Lipinski definition) is 1. The summed E-state index contributed by atoms with van der Waals surface area (Å²) in [5.41, 5.74) is 0.913. The number of halogens is 2. The van der Waals surface area contributed by atoms with Gasteiger partial charge in [0.2, 0.25) is 0 Å². The zero-order chi connectivity index (χ0) is 10.3. The lowest BCUT2D eigenvalue weighted by atomic mass is 9.74. The van der Waals surface area contributed by atoms with E-state index < -0.39 is 5.60 Å². The van der Waals surface area contributed by atoms with Crippen molar-refractivity contribution < 1.29 is 9.50 Å². The number of aliphatic hydroxyl groups is 1. The molecule has 1 saturated carbocycles. The summed E-state index contributed by atoms with van der Waals surface area (Å²) in [5.74, 6) is -0.300. The summed E-state index contributed by atoms with van der Waals surface area (Å²) in [6, 6.07) is 3.17. The van der Waals surface area contributed by atoms with Gasteiger partial charge in [0, 0.05) is 0 Å². The molecule has 0 atom stereocenters. The second-order valence-corrected chi connectivity index (χ2v) is 4.82. The Hall–Kier alpha value is -0.410. The van der Waals surface area contributed by atoms with E-state index in [4.69, 9.17) is 0 Å². The molecular weight excluding hydrogens is 247 g/mol. The molecule has 0 aliphatic heterocycles. The van der Waals surface area contributed by atoms with Crippen molar-refractivity contribution in [3.63, 3.8) is 0 Å². The topological polar surface area (TPSA) is 20.2 Å². The van der Waals surface area contributed by atoms with Gasteiger partial charge in [-0.25, -0.2) is 4.39 Å². The Labute approximate surface area is 91.1 Å². The zero-order valence-electron chi connectivity index (χ0n) is 7.98. The van der Waals surface area contributed by atoms with Gasteiger partial charge in [-0.05, 0) is 65.4 Å². The van der Waals surface area contributed by atoms with E-state index in [1.165, 1.54) is 6.07 Å². The molecule has 1 N–H and O–H groups in total. The highest BCUT2D eigenvalue weighted by molar-refractivity contribution is 9.10. The zero-order valence-corrected chi connectivity index (χ0v) is 9.57. The molecular formula is C11H12BrFO. The molecule has 0 bridgehead atoms. The van der Waals surface area contributed by atoms with E-state index in [2.05, 4.69) is 15.9 Å². The highest BCUT2D eigenvalue weighted by Gasteiger charge is 2.37. The molecule has 0 radical (unpaired) electrons. The van der Waals surface area contributed by atoms with E-state index in [1.54, 1.807) is 6.07 Å². The minimum Gasteiger partial charge on any atom is -0.385 e. The van der Waals surface area contributed by atoms with Crippen molar-refractivity contribution in [2.45, 2.75) is 31.8 Å². The quantitative estimate of drug-likeness (QED) is 0.820. The van der Waals surface area contributed by atoms with Crippen LogP contribution in [0.2, 0.25) is 0 Å². The lowest BCUT2D eigenvalue weighted by Gasteiger charge is -2.38. The van der Waals surface area contributed by atoms with Crippen LogP contribution in [-0.2, 0) is 5.60 Å². The molecule has 0 saturated heterocycles. The molecule has 1 aliphatic rings. The molecule has 0 unspecified atom stereocenters. The Balaban J connectivity index is 2.48. The molecule has 0 spiro atoms. The van der Waals surface area contributed by atoms with Crippen molar-refractivity contribution >= 4 is 15.9 Å². The maximum Gasteiger partial charge on any atom is 0.137 e. The average Bonchev–Trinajstić information content (AvgIpc) is 2.07. The predicted molar refractivity (Wildman–Crippen MR) is 56.6 cm³/mol. The van der Waals surface area contributed by atoms with Gasteiger partial charge in [0.05, 0.1) is 10.1 Å². The maximum absolute atomic E-state index is 13.3. The lowest BCUT2D eigenvalue weighted by molar-refractivity contribution is -0.0395. The molecule has 76 valence electrons. The molecule has 1 fully saturated rings. The van der Waals surface area contributed by atoms with Gasteiger partial charge in [0.15, 0.2) is 0 Å². The normalized spacial score (nSPS) is 19.1. The molecule has 0 aromatic heterocycles. The van der Waals surface area contributed by atoms with E-state index in [9.17, 15) is 9.50 Å². The summed E-state index contributed by atoms with van der Waals surface area (Å²) in [7, 11) is 0. The molecule has 1 nitrogen and oxygen atoms in total. The van der Waals surface area contributed by atoms with Crippen LogP contribution in [0.3, 0.4) is 0 Å². The fourth-order valence-electron chi connectivity index (χ4n) is 1.93. The number of rotatable bonds is 1. The van der Waals surface area contributed by atoms with Gasteiger partial charge in [-0.1, -0.05) is 0 Å². The van der Waals surface area contributed by atoms with Gasteiger partial charge < -0.3 is 5.11 Å². The third-order valence-corrected chi connectivity index (χ3v) is 3.56. The molecule has 0 amide bonds. The molecule has 1 aromatic rings. The summed E-state index contributed by atoms with van der Waals surface area (Å²) in [4.78, 5) is 0. The molecule has 2 rings (SSSR count). The van der Waals surface area contributed by atoms with E-state index in [-0.39, 0.29) is 5.82 Å². The van der Waals surface area contributed by atoms with Gasteiger partial charge in [-0.15, -0.1) is 0 Å². The fraction of sp³-hybridized carbons (Fsp3) is 0.455. The van der Waals surface area contributed by atoms with Crippen molar-refractivity contribution in [1.82, 2.24) is 0 Å². The van der Waals surface area contributed by atoms with Crippen molar-refractivity contribution in [3.05, 3.63) is 33.5 Å². The summed E-state index contributed by atoms with van der Waals surface area (Å²) < 4.78 is 13.8. The van der Waals surface area contributed by atoms with E-state index in [1.807, 2.05) is 6.92 Å². The van der Waals surface area contributed by atoms with Crippen LogP contribution in [-0.4, -0.2) is 5.11 Å². The highest BCUT2D eigenvalue weighted by Crippen LogP contribution is 2.43. The van der Waals surface area contributed by atoms with Gasteiger partial charge in [-0.2, -0.15) is 0 Å². The predicted octanol–water partition coefficient (Wildman–Crippen LogP) is 3.27. The fourth-order valence-corrected chi connectivity index (χ4v) is 2.39. The maximum atomic E-state index is 13.3. The minimum atomic E-state index is -0.772. The van der Waals surface area contributed by atoms with Gasteiger partial charge in [-0.3, -0.25) is 0 Å². The van der Waals surface area contributed by atoms with Gasteiger partial charge in [0.25, 0.3) is 0 Å².